The van der Waals surface area contributed by atoms with Crippen LogP contribution in [0.4, 0.5) is 0 Å². The first kappa shape index (κ1) is 17.0. The second-order valence-corrected chi connectivity index (χ2v) is 4.06. The van der Waals surface area contributed by atoms with Crippen LogP contribution in [0.3, 0.4) is 0 Å². The van der Waals surface area contributed by atoms with E-state index in [1.807, 2.05) is 0 Å². The average Bonchev–Trinajstić information content (AvgIpc) is 2.10. The summed E-state index contributed by atoms with van der Waals surface area (Å²) in [6.07, 6.45) is 1.17. The van der Waals surface area contributed by atoms with Gasteiger partial charge in [-0.3, -0.25) is 0 Å². The van der Waals surface area contributed by atoms with Crippen LogP contribution in [-0.4, -0.2) is 55.3 Å². The Morgan fingerprint density at radius 1 is 1.33 bits per heavy atom. The highest BCUT2D eigenvalue weighted by atomic mass is 35.5. The van der Waals surface area contributed by atoms with Gasteiger partial charge >= 0.3 is 6.01 Å². The van der Waals surface area contributed by atoms with Gasteiger partial charge in [0.05, 0.1) is 13.1 Å². The summed E-state index contributed by atoms with van der Waals surface area (Å²) in [5, 5.41) is 0. The predicted molar refractivity (Wildman–Crippen MR) is 68.7 cm³/mol. The molecule has 0 saturated heterocycles. The molecule has 0 aromatic rings. The fourth-order valence-electron chi connectivity index (χ4n) is 1.05. The van der Waals surface area contributed by atoms with E-state index in [-0.39, 0.29) is 12.4 Å². The Bertz CT molecular complexity index is 206. The van der Waals surface area contributed by atoms with Crippen molar-refractivity contribution in [1.82, 2.24) is 4.90 Å². The Morgan fingerprint density at radius 3 is 2.33 bits per heavy atom. The SMILES string of the molecule is CC[N+](=C=NC(C)C)CCCN(C)C.Cl. The van der Waals surface area contributed by atoms with E-state index in [9.17, 15) is 0 Å². The van der Waals surface area contributed by atoms with E-state index in [1.54, 1.807) is 0 Å². The Balaban J connectivity index is 0. The lowest BCUT2D eigenvalue weighted by Gasteiger charge is -2.07. The molecule has 0 aliphatic heterocycles. The van der Waals surface area contributed by atoms with Crippen molar-refractivity contribution in [3.8, 4) is 0 Å². The number of hydrogen-bond acceptors (Lipinski definition) is 2. The molecule has 0 saturated carbocycles. The lowest BCUT2D eigenvalue weighted by Crippen LogP contribution is -2.19. The molecule has 15 heavy (non-hydrogen) atoms. The van der Waals surface area contributed by atoms with Crippen LogP contribution in [0, 0.1) is 0 Å². The molecule has 0 spiro atoms. The van der Waals surface area contributed by atoms with Crippen molar-refractivity contribution < 1.29 is 4.58 Å². The van der Waals surface area contributed by atoms with Gasteiger partial charge in [-0.15, -0.1) is 12.4 Å². The second-order valence-electron chi connectivity index (χ2n) is 4.06. The van der Waals surface area contributed by atoms with Crippen molar-refractivity contribution >= 4 is 18.4 Å². The van der Waals surface area contributed by atoms with E-state index in [4.69, 9.17) is 0 Å². The first-order chi connectivity index (χ1) is 6.56. The lowest BCUT2D eigenvalue weighted by atomic mass is 10.4. The molecule has 0 amide bonds. The maximum atomic E-state index is 4.26. The molecule has 0 radical (unpaired) electrons. The molecule has 0 unspecified atom stereocenters. The second kappa shape index (κ2) is 10.2. The van der Waals surface area contributed by atoms with Crippen LogP contribution >= 0.6 is 12.4 Å². The van der Waals surface area contributed by atoms with Crippen molar-refractivity contribution in [3.05, 3.63) is 0 Å². The summed E-state index contributed by atoms with van der Waals surface area (Å²) in [6, 6.07) is 3.43. The largest absolute Gasteiger partial charge is 0.309 e. The fourth-order valence-corrected chi connectivity index (χ4v) is 1.05. The van der Waals surface area contributed by atoms with E-state index in [1.165, 1.54) is 6.42 Å². The van der Waals surface area contributed by atoms with Crippen LogP contribution in [-0.2, 0) is 0 Å². The Morgan fingerprint density at radius 2 is 1.93 bits per heavy atom. The summed E-state index contributed by atoms with van der Waals surface area (Å²) in [5.74, 6) is 0. The predicted octanol–water partition coefficient (Wildman–Crippen LogP) is 1.97. The quantitative estimate of drug-likeness (QED) is 0.508. The molecule has 0 heterocycles. The molecule has 0 fully saturated rings. The topological polar surface area (TPSA) is 18.6 Å². The zero-order valence-corrected chi connectivity index (χ0v) is 11.5. The van der Waals surface area contributed by atoms with Crippen molar-refractivity contribution in [3.63, 3.8) is 0 Å². The van der Waals surface area contributed by atoms with Gasteiger partial charge in [0.1, 0.15) is 6.04 Å². The maximum Gasteiger partial charge on any atom is 0.306 e. The van der Waals surface area contributed by atoms with Crippen LogP contribution in [0.1, 0.15) is 27.2 Å². The first-order valence-corrected chi connectivity index (χ1v) is 5.41. The van der Waals surface area contributed by atoms with Gasteiger partial charge < -0.3 is 4.90 Å². The van der Waals surface area contributed by atoms with Crippen molar-refractivity contribution in [2.24, 2.45) is 4.99 Å². The van der Waals surface area contributed by atoms with Gasteiger partial charge in [-0.2, -0.15) is 0 Å². The van der Waals surface area contributed by atoms with Crippen molar-refractivity contribution in [1.29, 1.82) is 0 Å². The summed E-state index contributed by atoms with van der Waals surface area (Å²) in [5.41, 5.74) is 0. The monoisotopic (exact) mass is 234 g/mol. The molecule has 3 nitrogen and oxygen atoms in total. The number of halogens is 1. The van der Waals surface area contributed by atoms with Crippen LogP contribution in [0.2, 0.25) is 0 Å². The summed E-state index contributed by atoms with van der Waals surface area (Å²) in [4.78, 5) is 6.46. The molecule has 0 rings (SSSR count). The summed E-state index contributed by atoms with van der Waals surface area (Å²) in [7, 11) is 4.20. The minimum atomic E-state index is 0. The summed E-state index contributed by atoms with van der Waals surface area (Å²) < 4.78 is 2.14. The zero-order chi connectivity index (χ0) is 11.0. The third-order valence-electron chi connectivity index (χ3n) is 1.87. The van der Waals surface area contributed by atoms with Crippen molar-refractivity contribution in [2.45, 2.75) is 33.2 Å². The molecule has 0 aliphatic carbocycles. The third-order valence-corrected chi connectivity index (χ3v) is 1.87. The smallest absolute Gasteiger partial charge is 0.306 e. The Kier molecular flexibility index (Phi) is 11.5. The molecule has 4 heteroatoms. The van der Waals surface area contributed by atoms with Gasteiger partial charge in [-0.05, 0) is 46.3 Å². The molecule has 0 aromatic carbocycles. The van der Waals surface area contributed by atoms with Crippen LogP contribution < -0.4 is 0 Å². The minimum Gasteiger partial charge on any atom is -0.309 e. The molecular weight excluding hydrogens is 210 g/mol. The van der Waals surface area contributed by atoms with Gasteiger partial charge in [0.15, 0.2) is 0 Å². The molecule has 0 N–H and O–H groups in total. The minimum absolute atomic E-state index is 0. The van der Waals surface area contributed by atoms with Crippen LogP contribution in [0.25, 0.3) is 0 Å². The number of nitrogens with zero attached hydrogens (tertiary/aromatic N) is 3. The number of aliphatic imine (C=N–C) groups is 1. The normalized spacial score (nSPS) is 9.80. The molecule has 0 bridgehead atoms. The highest BCUT2D eigenvalue weighted by molar-refractivity contribution is 5.85. The van der Waals surface area contributed by atoms with Crippen LogP contribution in [0.15, 0.2) is 4.99 Å². The van der Waals surface area contributed by atoms with Gasteiger partial charge in [0.25, 0.3) is 0 Å². The van der Waals surface area contributed by atoms with Gasteiger partial charge in [-0.1, -0.05) is 0 Å². The molecule has 0 aliphatic rings. The van der Waals surface area contributed by atoms with Gasteiger partial charge in [0, 0.05) is 6.54 Å². The molecule has 0 aromatic heterocycles. The Hall–Kier alpha value is -0.370. The molecular formula is C11H25ClN3+. The maximum absolute atomic E-state index is 4.26. The highest BCUT2D eigenvalue weighted by Crippen LogP contribution is 1.86. The van der Waals surface area contributed by atoms with E-state index >= 15 is 0 Å². The number of rotatable bonds is 6. The van der Waals surface area contributed by atoms with Crippen LogP contribution in [0.5, 0.6) is 0 Å². The highest BCUT2D eigenvalue weighted by Gasteiger charge is 1.98. The van der Waals surface area contributed by atoms with Crippen molar-refractivity contribution in [2.75, 3.05) is 33.7 Å². The standard InChI is InChI=1S/C11H24N3.ClH/c1-6-14(10-12-11(2)3)9-7-8-13(4)5;/h11H,6-9H2,1-5H3;1H/q+1;. The van der Waals surface area contributed by atoms with E-state index in [0.29, 0.717) is 6.04 Å². The van der Waals surface area contributed by atoms with Gasteiger partial charge in [-0.25, -0.2) is 4.58 Å². The molecule has 90 valence electrons. The van der Waals surface area contributed by atoms with E-state index < -0.39 is 0 Å². The first-order valence-electron chi connectivity index (χ1n) is 5.41. The van der Waals surface area contributed by atoms with E-state index in [0.717, 1.165) is 19.6 Å². The Labute approximate surface area is 100 Å². The summed E-state index contributed by atoms with van der Waals surface area (Å²) in [6.45, 7) is 9.44. The van der Waals surface area contributed by atoms with E-state index in [2.05, 4.69) is 55.3 Å². The zero-order valence-electron chi connectivity index (χ0n) is 10.7. The summed E-state index contributed by atoms with van der Waals surface area (Å²) >= 11 is 0. The fraction of sp³-hybridized carbons (Fsp3) is 0.909. The number of hydrogen-bond donors (Lipinski definition) is 0. The lowest BCUT2D eigenvalue weighted by molar-refractivity contribution is -0.518. The molecule has 0 atom stereocenters. The third kappa shape index (κ3) is 11.6. The van der Waals surface area contributed by atoms with Gasteiger partial charge in [0.2, 0.25) is 0 Å². The average molecular weight is 235 g/mol.